The third-order valence-electron chi connectivity index (χ3n) is 4.28. The summed E-state index contributed by atoms with van der Waals surface area (Å²) in [5.41, 5.74) is 2.61. The van der Waals surface area contributed by atoms with Gasteiger partial charge in [0.25, 0.3) is 0 Å². The summed E-state index contributed by atoms with van der Waals surface area (Å²) in [4.78, 5) is 8.85. The van der Waals surface area contributed by atoms with Crippen LogP contribution >= 0.6 is 0 Å². The molecule has 1 saturated carbocycles. The molecule has 3 atom stereocenters. The summed E-state index contributed by atoms with van der Waals surface area (Å²) in [5.74, 6) is 9.26. The van der Waals surface area contributed by atoms with E-state index in [1.807, 2.05) is 13.0 Å². The fourth-order valence-electron chi connectivity index (χ4n) is 2.78. The number of nitrogens with one attached hydrogen (secondary N) is 2. The third kappa shape index (κ3) is 3.35. The van der Waals surface area contributed by atoms with Gasteiger partial charge in [-0.15, -0.1) is 0 Å². The van der Waals surface area contributed by atoms with Crippen LogP contribution in [0.25, 0.3) is 0 Å². The molecule has 1 aromatic rings. The highest BCUT2D eigenvalue weighted by molar-refractivity contribution is 5.47. The van der Waals surface area contributed by atoms with E-state index in [-0.39, 0.29) is 0 Å². The van der Waals surface area contributed by atoms with Crippen molar-refractivity contribution in [2.24, 2.45) is 17.7 Å². The van der Waals surface area contributed by atoms with Gasteiger partial charge in [-0.1, -0.05) is 33.6 Å². The van der Waals surface area contributed by atoms with Crippen molar-refractivity contribution in [3.05, 3.63) is 11.9 Å². The van der Waals surface area contributed by atoms with E-state index in [9.17, 15) is 0 Å². The van der Waals surface area contributed by atoms with Crippen molar-refractivity contribution in [3.8, 4) is 0 Å². The maximum Gasteiger partial charge on any atom is 0.145 e. The van der Waals surface area contributed by atoms with E-state index in [1.54, 1.807) is 0 Å². The van der Waals surface area contributed by atoms with Crippen LogP contribution in [0.15, 0.2) is 6.07 Å². The van der Waals surface area contributed by atoms with Gasteiger partial charge in [0.05, 0.1) is 0 Å². The van der Waals surface area contributed by atoms with Gasteiger partial charge in [0, 0.05) is 18.5 Å². The minimum Gasteiger partial charge on any atom is -0.367 e. The Hall–Kier alpha value is -1.36. The topological polar surface area (TPSA) is 75.9 Å². The molecule has 0 aromatic carbocycles. The first-order valence-corrected chi connectivity index (χ1v) is 7.25. The maximum absolute atomic E-state index is 5.46. The molecular formula is C14H25N5. The molecule has 106 valence electrons. The Balaban J connectivity index is 2.13. The van der Waals surface area contributed by atoms with Gasteiger partial charge in [0.15, 0.2) is 0 Å². The number of nitrogens with two attached hydrogens (primary N) is 1. The predicted molar refractivity (Wildman–Crippen MR) is 78.8 cm³/mol. The van der Waals surface area contributed by atoms with Crippen LogP contribution in [0, 0.1) is 11.8 Å². The van der Waals surface area contributed by atoms with Crippen molar-refractivity contribution in [1.29, 1.82) is 0 Å². The molecule has 5 nitrogen and oxygen atoms in total. The van der Waals surface area contributed by atoms with Crippen LogP contribution in [0.4, 0.5) is 11.6 Å². The Morgan fingerprint density at radius 3 is 2.68 bits per heavy atom. The standard InChI is InChI=1S/C14H25N5/c1-4-12-17-13(8-14(18-12)19-15)16-11-7-5-6-9(2)10(11)3/h8-11H,4-7,15H2,1-3H3,(H2,16,17,18,19). The van der Waals surface area contributed by atoms with Gasteiger partial charge in [-0.2, -0.15) is 0 Å². The second kappa shape index (κ2) is 6.19. The first kappa shape index (κ1) is 14.1. The molecule has 1 aromatic heterocycles. The summed E-state index contributed by atoms with van der Waals surface area (Å²) in [6.45, 7) is 6.71. The van der Waals surface area contributed by atoms with Crippen molar-refractivity contribution in [3.63, 3.8) is 0 Å². The minimum atomic E-state index is 0.494. The average molecular weight is 263 g/mol. The van der Waals surface area contributed by atoms with Gasteiger partial charge in [0.1, 0.15) is 17.5 Å². The van der Waals surface area contributed by atoms with E-state index in [0.29, 0.717) is 17.8 Å². The van der Waals surface area contributed by atoms with Crippen LogP contribution in [0.5, 0.6) is 0 Å². The summed E-state index contributed by atoms with van der Waals surface area (Å²) in [7, 11) is 0. The molecule has 2 rings (SSSR count). The van der Waals surface area contributed by atoms with Gasteiger partial charge in [0.2, 0.25) is 0 Å². The highest BCUT2D eigenvalue weighted by atomic mass is 15.3. The first-order chi connectivity index (χ1) is 9.13. The predicted octanol–water partition coefficient (Wildman–Crippen LogP) is 2.56. The largest absolute Gasteiger partial charge is 0.367 e. The number of nitrogens with zero attached hydrogens (tertiary/aromatic N) is 2. The van der Waals surface area contributed by atoms with E-state index in [2.05, 4.69) is 34.6 Å². The number of aryl methyl sites for hydroxylation is 1. The van der Waals surface area contributed by atoms with E-state index in [4.69, 9.17) is 5.84 Å². The van der Waals surface area contributed by atoms with Gasteiger partial charge >= 0.3 is 0 Å². The van der Waals surface area contributed by atoms with E-state index in [0.717, 1.165) is 24.0 Å². The van der Waals surface area contributed by atoms with Gasteiger partial charge in [-0.3, -0.25) is 0 Å². The lowest BCUT2D eigenvalue weighted by Gasteiger charge is -2.35. The summed E-state index contributed by atoms with van der Waals surface area (Å²) >= 11 is 0. The molecular weight excluding hydrogens is 238 g/mol. The van der Waals surface area contributed by atoms with Gasteiger partial charge in [-0.25, -0.2) is 15.8 Å². The van der Waals surface area contributed by atoms with E-state index >= 15 is 0 Å². The van der Waals surface area contributed by atoms with E-state index in [1.165, 1.54) is 19.3 Å². The van der Waals surface area contributed by atoms with Crippen LogP contribution in [-0.2, 0) is 6.42 Å². The number of nitrogen functional groups attached to an aromatic ring is 1. The second-order valence-corrected chi connectivity index (χ2v) is 5.57. The fraction of sp³-hybridized carbons (Fsp3) is 0.714. The van der Waals surface area contributed by atoms with Crippen molar-refractivity contribution in [2.75, 3.05) is 10.7 Å². The number of hydrogen-bond acceptors (Lipinski definition) is 5. The number of hydrazine groups is 1. The van der Waals surface area contributed by atoms with Crippen LogP contribution in [-0.4, -0.2) is 16.0 Å². The average Bonchev–Trinajstić information content (AvgIpc) is 2.43. The zero-order valence-corrected chi connectivity index (χ0v) is 12.1. The fourth-order valence-corrected chi connectivity index (χ4v) is 2.78. The summed E-state index contributed by atoms with van der Waals surface area (Å²) in [6, 6.07) is 2.37. The van der Waals surface area contributed by atoms with Gasteiger partial charge < -0.3 is 10.7 Å². The van der Waals surface area contributed by atoms with Gasteiger partial charge in [-0.05, 0) is 18.3 Å². The lowest BCUT2D eigenvalue weighted by atomic mass is 9.78. The normalized spacial score (nSPS) is 27.1. The monoisotopic (exact) mass is 263 g/mol. The van der Waals surface area contributed by atoms with Crippen LogP contribution < -0.4 is 16.6 Å². The molecule has 0 bridgehead atoms. The summed E-state index contributed by atoms with van der Waals surface area (Å²) in [5, 5.41) is 3.56. The Labute approximate surface area is 115 Å². The quantitative estimate of drug-likeness (QED) is 0.575. The zero-order valence-electron chi connectivity index (χ0n) is 12.1. The Morgan fingerprint density at radius 1 is 1.26 bits per heavy atom. The molecule has 0 amide bonds. The number of anilines is 2. The molecule has 5 heteroatoms. The lowest BCUT2D eigenvalue weighted by Crippen LogP contribution is -2.35. The number of aromatic nitrogens is 2. The molecule has 1 fully saturated rings. The minimum absolute atomic E-state index is 0.494. The van der Waals surface area contributed by atoms with Crippen LogP contribution in [0.1, 0.15) is 45.9 Å². The van der Waals surface area contributed by atoms with E-state index < -0.39 is 0 Å². The van der Waals surface area contributed by atoms with Crippen molar-refractivity contribution in [1.82, 2.24) is 9.97 Å². The van der Waals surface area contributed by atoms with Crippen molar-refractivity contribution < 1.29 is 0 Å². The highest BCUT2D eigenvalue weighted by Crippen LogP contribution is 2.31. The summed E-state index contributed by atoms with van der Waals surface area (Å²) < 4.78 is 0. The molecule has 0 radical (unpaired) electrons. The zero-order chi connectivity index (χ0) is 13.8. The number of hydrogen-bond donors (Lipinski definition) is 3. The molecule has 1 heterocycles. The maximum atomic E-state index is 5.46. The second-order valence-electron chi connectivity index (χ2n) is 5.57. The van der Waals surface area contributed by atoms with Crippen LogP contribution in [0.2, 0.25) is 0 Å². The summed E-state index contributed by atoms with van der Waals surface area (Å²) in [6.07, 6.45) is 4.64. The first-order valence-electron chi connectivity index (χ1n) is 7.25. The molecule has 0 saturated heterocycles. The SMILES string of the molecule is CCc1nc(NN)cc(NC2CCCC(C)C2C)n1. The molecule has 1 aliphatic rings. The Morgan fingerprint density at radius 2 is 2.00 bits per heavy atom. The Kier molecular flexibility index (Phi) is 4.58. The third-order valence-corrected chi connectivity index (χ3v) is 4.28. The molecule has 0 aliphatic heterocycles. The molecule has 19 heavy (non-hydrogen) atoms. The molecule has 1 aliphatic carbocycles. The molecule has 0 spiro atoms. The van der Waals surface area contributed by atoms with Crippen molar-refractivity contribution in [2.45, 2.75) is 52.5 Å². The van der Waals surface area contributed by atoms with Crippen molar-refractivity contribution >= 4 is 11.6 Å². The smallest absolute Gasteiger partial charge is 0.145 e. The van der Waals surface area contributed by atoms with Crippen LogP contribution in [0.3, 0.4) is 0 Å². The lowest BCUT2D eigenvalue weighted by molar-refractivity contribution is 0.253. The number of rotatable bonds is 4. The Bertz CT molecular complexity index is 398. The molecule has 3 unspecified atom stereocenters. The molecule has 4 N–H and O–H groups in total. The highest BCUT2D eigenvalue weighted by Gasteiger charge is 2.27.